The Kier molecular flexibility index (Phi) is 7.71. The number of nitrogens with one attached hydrogen (secondary N) is 2. The lowest BCUT2D eigenvalue weighted by atomic mass is 9.97. The van der Waals surface area contributed by atoms with Gasteiger partial charge in [0.05, 0.1) is 9.79 Å². The Morgan fingerprint density at radius 2 is 1.62 bits per heavy atom. The van der Waals surface area contributed by atoms with Crippen molar-refractivity contribution in [1.29, 1.82) is 0 Å². The van der Waals surface area contributed by atoms with E-state index in [1.807, 2.05) is 13.0 Å². The number of hydrogen-bond acceptors (Lipinski definition) is 5. The number of carbonyl (C=O) groups excluding carboxylic acids is 1. The maximum atomic E-state index is 12.7. The first-order valence-electron chi connectivity index (χ1n) is 10.5. The summed E-state index contributed by atoms with van der Waals surface area (Å²) in [5.74, 6) is -0.486. The molecule has 174 valence electrons. The third-order valence-corrected chi connectivity index (χ3v) is 9.07. The Balaban J connectivity index is 1.46. The molecule has 1 heterocycles. The van der Waals surface area contributed by atoms with Gasteiger partial charge in [-0.05, 0) is 56.0 Å². The Labute approximate surface area is 190 Å². The van der Waals surface area contributed by atoms with Gasteiger partial charge in [0, 0.05) is 32.1 Å². The lowest BCUT2D eigenvalue weighted by molar-refractivity contribution is -0.126. The fourth-order valence-corrected chi connectivity index (χ4v) is 6.54. The molecule has 1 amide bonds. The van der Waals surface area contributed by atoms with Crippen molar-refractivity contribution in [2.75, 3.05) is 26.2 Å². The minimum absolute atomic E-state index is 0.0721. The molecule has 1 aliphatic rings. The molecule has 0 radical (unpaired) electrons. The van der Waals surface area contributed by atoms with E-state index in [1.165, 1.54) is 4.31 Å². The predicted molar refractivity (Wildman–Crippen MR) is 122 cm³/mol. The topological polar surface area (TPSA) is 113 Å². The standard InChI is InChI=1S/C22H29N3O5S2/c1-17-8-9-18(2)21(16-17)31(27,28)24-13-12-23-22(26)19-10-14-25(15-11-19)32(29,30)20-6-4-3-5-7-20/h3-9,16,19,24H,10-15H2,1-2H3,(H,23,26). The SMILES string of the molecule is Cc1ccc(C)c(S(=O)(=O)NCCNC(=O)C2CCN(S(=O)(=O)c3ccccc3)CC2)c1. The first-order valence-corrected chi connectivity index (χ1v) is 13.4. The van der Waals surface area contributed by atoms with Crippen molar-refractivity contribution >= 4 is 26.0 Å². The zero-order chi connectivity index (χ0) is 23.4. The number of amides is 1. The van der Waals surface area contributed by atoms with Crippen LogP contribution in [0.4, 0.5) is 0 Å². The Morgan fingerprint density at radius 3 is 2.28 bits per heavy atom. The molecule has 8 nitrogen and oxygen atoms in total. The zero-order valence-corrected chi connectivity index (χ0v) is 19.9. The first-order chi connectivity index (χ1) is 15.1. The van der Waals surface area contributed by atoms with Crippen LogP contribution in [0.25, 0.3) is 0 Å². The molecule has 0 aromatic heterocycles. The maximum Gasteiger partial charge on any atom is 0.243 e. The van der Waals surface area contributed by atoms with E-state index in [2.05, 4.69) is 10.0 Å². The summed E-state index contributed by atoms with van der Waals surface area (Å²) >= 11 is 0. The summed E-state index contributed by atoms with van der Waals surface area (Å²) in [6.07, 6.45) is 0.845. The molecule has 2 aromatic carbocycles. The summed E-state index contributed by atoms with van der Waals surface area (Å²) in [6, 6.07) is 13.5. The van der Waals surface area contributed by atoms with Crippen molar-refractivity contribution in [3.8, 4) is 0 Å². The van der Waals surface area contributed by atoms with Crippen LogP contribution in [0.1, 0.15) is 24.0 Å². The monoisotopic (exact) mass is 479 g/mol. The van der Waals surface area contributed by atoms with Gasteiger partial charge >= 0.3 is 0 Å². The Bertz CT molecular complexity index is 1160. The number of sulfonamides is 2. The number of piperidine rings is 1. The molecule has 1 aliphatic heterocycles. The first kappa shape index (κ1) is 24.4. The van der Waals surface area contributed by atoms with Gasteiger partial charge in [0.25, 0.3) is 0 Å². The van der Waals surface area contributed by atoms with E-state index in [9.17, 15) is 21.6 Å². The predicted octanol–water partition coefficient (Wildman–Crippen LogP) is 1.80. The lowest BCUT2D eigenvalue weighted by Gasteiger charge is -2.30. The molecule has 10 heteroatoms. The van der Waals surface area contributed by atoms with Crippen LogP contribution in [-0.2, 0) is 24.8 Å². The van der Waals surface area contributed by atoms with Gasteiger partial charge in [-0.2, -0.15) is 4.31 Å². The summed E-state index contributed by atoms with van der Waals surface area (Å²) in [7, 11) is -7.22. The van der Waals surface area contributed by atoms with Gasteiger partial charge in [0.2, 0.25) is 26.0 Å². The average molecular weight is 480 g/mol. The van der Waals surface area contributed by atoms with Crippen molar-refractivity contribution in [2.24, 2.45) is 5.92 Å². The molecule has 3 rings (SSSR count). The van der Waals surface area contributed by atoms with E-state index in [-0.39, 0.29) is 47.8 Å². The van der Waals surface area contributed by atoms with Gasteiger partial charge in [-0.1, -0.05) is 30.3 Å². The molecule has 0 spiro atoms. The van der Waals surface area contributed by atoms with Gasteiger partial charge in [-0.3, -0.25) is 4.79 Å². The second kappa shape index (κ2) is 10.1. The number of nitrogens with zero attached hydrogens (tertiary/aromatic N) is 1. The average Bonchev–Trinajstić information content (AvgIpc) is 2.79. The summed E-state index contributed by atoms with van der Waals surface area (Å²) in [5, 5.41) is 2.75. The minimum Gasteiger partial charge on any atom is -0.355 e. The highest BCUT2D eigenvalue weighted by atomic mass is 32.2. The number of benzene rings is 2. The third kappa shape index (κ3) is 5.74. The van der Waals surface area contributed by atoms with E-state index < -0.39 is 20.0 Å². The highest BCUT2D eigenvalue weighted by molar-refractivity contribution is 7.89. The quantitative estimate of drug-likeness (QED) is 0.561. The fourth-order valence-electron chi connectivity index (χ4n) is 3.69. The number of aryl methyl sites for hydroxylation is 2. The van der Waals surface area contributed by atoms with Gasteiger partial charge in [-0.15, -0.1) is 0 Å². The van der Waals surface area contributed by atoms with Crippen LogP contribution >= 0.6 is 0 Å². The van der Waals surface area contributed by atoms with E-state index in [0.29, 0.717) is 18.4 Å². The Morgan fingerprint density at radius 1 is 0.969 bits per heavy atom. The highest BCUT2D eigenvalue weighted by Gasteiger charge is 2.31. The summed E-state index contributed by atoms with van der Waals surface area (Å²) < 4.78 is 54.3. The molecule has 0 saturated carbocycles. The summed E-state index contributed by atoms with van der Waals surface area (Å²) in [5.41, 5.74) is 1.51. The maximum absolute atomic E-state index is 12.7. The van der Waals surface area contributed by atoms with Crippen LogP contribution < -0.4 is 10.0 Å². The fraction of sp³-hybridized carbons (Fsp3) is 0.409. The van der Waals surface area contributed by atoms with Crippen molar-refractivity contribution in [3.63, 3.8) is 0 Å². The van der Waals surface area contributed by atoms with Crippen LogP contribution in [0.15, 0.2) is 58.3 Å². The second-order valence-electron chi connectivity index (χ2n) is 7.95. The number of carbonyl (C=O) groups is 1. The van der Waals surface area contributed by atoms with E-state index in [4.69, 9.17) is 0 Å². The molecule has 0 unspecified atom stereocenters. The van der Waals surface area contributed by atoms with E-state index >= 15 is 0 Å². The van der Waals surface area contributed by atoms with Gasteiger partial charge in [0.15, 0.2) is 0 Å². The molecule has 2 N–H and O–H groups in total. The highest BCUT2D eigenvalue weighted by Crippen LogP contribution is 2.23. The van der Waals surface area contributed by atoms with E-state index in [0.717, 1.165) is 5.56 Å². The minimum atomic E-state index is -3.66. The van der Waals surface area contributed by atoms with Crippen molar-refractivity contribution < 1.29 is 21.6 Å². The number of hydrogen-bond donors (Lipinski definition) is 2. The van der Waals surface area contributed by atoms with Crippen LogP contribution in [0, 0.1) is 19.8 Å². The summed E-state index contributed by atoms with van der Waals surface area (Å²) in [6.45, 7) is 4.34. The largest absolute Gasteiger partial charge is 0.355 e. The van der Waals surface area contributed by atoms with Crippen LogP contribution in [-0.4, -0.2) is 53.2 Å². The smallest absolute Gasteiger partial charge is 0.243 e. The molecular formula is C22H29N3O5S2. The van der Waals surface area contributed by atoms with E-state index in [1.54, 1.807) is 49.4 Å². The van der Waals surface area contributed by atoms with Crippen LogP contribution in [0.2, 0.25) is 0 Å². The molecule has 0 atom stereocenters. The molecule has 0 aliphatic carbocycles. The van der Waals surface area contributed by atoms with Crippen LogP contribution in [0.5, 0.6) is 0 Å². The van der Waals surface area contributed by atoms with Gasteiger partial charge in [0.1, 0.15) is 0 Å². The summed E-state index contributed by atoms with van der Waals surface area (Å²) in [4.78, 5) is 12.9. The molecule has 1 saturated heterocycles. The second-order valence-corrected chi connectivity index (χ2v) is 11.6. The molecule has 0 bridgehead atoms. The molecule has 2 aromatic rings. The Hall–Kier alpha value is -2.27. The number of rotatable bonds is 8. The van der Waals surface area contributed by atoms with Gasteiger partial charge < -0.3 is 5.32 Å². The van der Waals surface area contributed by atoms with Crippen molar-refractivity contribution in [2.45, 2.75) is 36.5 Å². The normalized spacial score (nSPS) is 16.1. The lowest BCUT2D eigenvalue weighted by Crippen LogP contribution is -2.44. The van der Waals surface area contributed by atoms with Gasteiger partial charge in [-0.25, -0.2) is 21.6 Å². The molecular weight excluding hydrogens is 450 g/mol. The van der Waals surface area contributed by atoms with Crippen molar-refractivity contribution in [1.82, 2.24) is 14.3 Å². The zero-order valence-electron chi connectivity index (χ0n) is 18.2. The van der Waals surface area contributed by atoms with Crippen molar-refractivity contribution in [3.05, 3.63) is 59.7 Å². The molecule has 1 fully saturated rings. The van der Waals surface area contributed by atoms with Crippen LogP contribution in [0.3, 0.4) is 0 Å². The molecule has 32 heavy (non-hydrogen) atoms. The third-order valence-electron chi connectivity index (χ3n) is 5.56.